The summed E-state index contributed by atoms with van der Waals surface area (Å²) in [5.74, 6) is 0. The zero-order valence-corrected chi connectivity index (χ0v) is 12.7. The summed E-state index contributed by atoms with van der Waals surface area (Å²) in [5, 5.41) is 0.845. The highest BCUT2D eigenvalue weighted by Crippen LogP contribution is 2.29. The number of aryl methyl sites for hydroxylation is 1. The third-order valence-corrected chi connectivity index (χ3v) is 4.18. The highest BCUT2D eigenvalue weighted by molar-refractivity contribution is 7.35. The number of hydrogen-bond acceptors (Lipinski definition) is 1. The Morgan fingerprint density at radius 1 is 0.714 bits per heavy atom. The van der Waals surface area contributed by atoms with Crippen molar-refractivity contribution in [3.05, 3.63) is 78.4 Å². The quantitative estimate of drug-likeness (QED) is 0.602. The lowest BCUT2D eigenvalue weighted by molar-refractivity contribution is 0.603. The summed E-state index contributed by atoms with van der Waals surface area (Å²) in [4.78, 5) is 0. The van der Waals surface area contributed by atoms with Gasteiger partial charge in [-0.15, -0.1) is 0 Å². The molecule has 1 nitrogen and oxygen atoms in total. The fourth-order valence-electron chi connectivity index (χ4n) is 2.55. The molecule has 0 aliphatic heterocycles. The number of benzene rings is 3. The van der Waals surface area contributed by atoms with Crippen LogP contribution in [0.2, 0.25) is 0 Å². The molecule has 0 spiro atoms. The van der Waals surface area contributed by atoms with Gasteiger partial charge in [-0.25, -0.2) is 0 Å². The maximum absolute atomic E-state index is 11.8. The van der Waals surface area contributed by atoms with Crippen LogP contribution in [0.15, 0.2) is 72.8 Å². The molecule has 3 rings (SSSR count). The van der Waals surface area contributed by atoms with Crippen molar-refractivity contribution in [3.63, 3.8) is 0 Å². The van der Waals surface area contributed by atoms with Gasteiger partial charge in [0, 0.05) is 0 Å². The summed E-state index contributed by atoms with van der Waals surface area (Å²) in [6, 6.07) is 24.4. The molecule has 3 aromatic rings. The van der Waals surface area contributed by atoms with E-state index in [4.69, 9.17) is 0 Å². The first-order valence-electron chi connectivity index (χ1n) is 6.88. The molecule has 0 aliphatic carbocycles. The highest BCUT2D eigenvalue weighted by Gasteiger charge is 2.13. The van der Waals surface area contributed by atoms with Gasteiger partial charge in [-0.2, -0.15) is 0 Å². The Hall–Kier alpha value is -2.24. The van der Waals surface area contributed by atoms with Gasteiger partial charge < -0.3 is 0 Å². The van der Waals surface area contributed by atoms with Crippen LogP contribution in [-0.2, 0) is 4.57 Å². The summed E-state index contributed by atoms with van der Waals surface area (Å²) in [7, 11) is 0.0478. The minimum atomic E-state index is 0.0478. The van der Waals surface area contributed by atoms with Gasteiger partial charge in [-0.3, -0.25) is 4.57 Å². The van der Waals surface area contributed by atoms with Gasteiger partial charge in [-0.1, -0.05) is 72.8 Å². The van der Waals surface area contributed by atoms with E-state index in [-0.39, 0.29) is 8.46 Å². The Morgan fingerprint density at radius 2 is 1.14 bits per heavy atom. The predicted octanol–water partition coefficient (Wildman–Crippen LogP) is 5.25. The van der Waals surface area contributed by atoms with Crippen molar-refractivity contribution < 1.29 is 4.57 Å². The second-order valence-corrected chi connectivity index (χ2v) is 5.66. The maximum atomic E-state index is 11.8. The van der Waals surface area contributed by atoms with E-state index in [2.05, 4.69) is 43.3 Å². The molecule has 102 valence electrons. The molecule has 0 aliphatic rings. The number of rotatable bonds is 3. The summed E-state index contributed by atoms with van der Waals surface area (Å²) in [5.41, 5.74) is 5.42. The third kappa shape index (κ3) is 2.79. The molecule has 3 aromatic carbocycles. The molecule has 0 heterocycles. The molecule has 0 unspecified atom stereocenters. The average molecular weight is 290 g/mol. The lowest BCUT2D eigenvalue weighted by atomic mass is 9.96. The summed E-state index contributed by atoms with van der Waals surface area (Å²) in [6.45, 7) is 2.07. The molecular formula is C19H15OP. The molecule has 0 radical (unpaired) electrons. The molecule has 0 bridgehead atoms. The van der Waals surface area contributed by atoms with Crippen molar-refractivity contribution in [2.75, 3.05) is 0 Å². The van der Waals surface area contributed by atoms with Gasteiger partial charge in [0.2, 0.25) is 0 Å². The molecule has 0 atom stereocenters. The molecule has 0 saturated carbocycles. The van der Waals surface area contributed by atoms with Crippen LogP contribution in [-0.4, -0.2) is 0 Å². The van der Waals surface area contributed by atoms with Crippen molar-refractivity contribution in [2.24, 2.45) is 0 Å². The van der Waals surface area contributed by atoms with E-state index in [1.54, 1.807) is 0 Å². The topological polar surface area (TPSA) is 17.1 Å². The van der Waals surface area contributed by atoms with Crippen molar-refractivity contribution in [3.8, 4) is 22.3 Å². The first-order chi connectivity index (χ1) is 10.3. The van der Waals surface area contributed by atoms with Crippen molar-refractivity contribution in [1.82, 2.24) is 0 Å². The minimum Gasteiger partial charge on any atom is -0.269 e. The van der Waals surface area contributed by atoms with E-state index in [0.29, 0.717) is 0 Å². The van der Waals surface area contributed by atoms with Gasteiger partial charge in [0.25, 0.3) is 0 Å². The average Bonchev–Trinajstić information content (AvgIpc) is 2.55. The highest BCUT2D eigenvalue weighted by atomic mass is 31.1. The fourth-order valence-corrected chi connectivity index (χ4v) is 3.14. The zero-order chi connectivity index (χ0) is 14.7. The van der Waals surface area contributed by atoms with Crippen LogP contribution in [0.3, 0.4) is 0 Å². The Labute approximate surface area is 126 Å². The lowest BCUT2D eigenvalue weighted by Gasteiger charge is -2.12. The third-order valence-electron chi connectivity index (χ3n) is 3.52. The molecule has 0 fully saturated rings. The SMILES string of the molecule is Cc1cc(-c2ccccc2)c(P=O)c(-c2ccccc2)c1. The lowest BCUT2D eigenvalue weighted by Crippen LogP contribution is -2.04. The van der Waals surface area contributed by atoms with Crippen LogP contribution in [0, 0.1) is 6.92 Å². The van der Waals surface area contributed by atoms with Crippen LogP contribution >= 0.6 is 8.46 Å². The van der Waals surface area contributed by atoms with Crippen molar-refractivity contribution >= 4 is 13.8 Å². The summed E-state index contributed by atoms with van der Waals surface area (Å²) < 4.78 is 11.8. The summed E-state index contributed by atoms with van der Waals surface area (Å²) in [6.07, 6.45) is 0. The second-order valence-electron chi connectivity index (χ2n) is 5.03. The van der Waals surface area contributed by atoms with E-state index < -0.39 is 0 Å². The molecular weight excluding hydrogens is 275 g/mol. The van der Waals surface area contributed by atoms with Gasteiger partial charge in [0.05, 0.1) is 5.30 Å². The maximum Gasteiger partial charge on any atom is 0.193 e. The number of hydrogen-bond donors (Lipinski definition) is 0. The van der Waals surface area contributed by atoms with Gasteiger partial charge in [-0.05, 0) is 34.7 Å². The van der Waals surface area contributed by atoms with E-state index in [0.717, 1.165) is 27.6 Å². The van der Waals surface area contributed by atoms with E-state index >= 15 is 0 Å². The van der Waals surface area contributed by atoms with E-state index in [1.807, 2.05) is 36.4 Å². The Bertz CT molecular complexity index is 704. The van der Waals surface area contributed by atoms with Gasteiger partial charge >= 0.3 is 0 Å². The van der Waals surface area contributed by atoms with Gasteiger partial charge in [0.15, 0.2) is 8.46 Å². The largest absolute Gasteiger partial charge is 0.269 e. The first-order valence-corrected chi connectivity index (χ1v) is 7.69. The molecule has 0 amide bonds. The Balaban J connectivity index is 2.28. The molecule has 2 heteroatoms. The summed E-state index contributed by atoms with van der Waals surface area (Å²) >= 11 is 0. The fraction of sp³-hybridized carbons (Fsp3) is 0.0526. The minimum absolute atomic E-state index is 0.0478. The van der Waals surface area contributed by atoms with Crippen molar-refractivity contribution in [2.45, 2.75) is 6.92 Å². The Morgan fingerprint density at radius 3 is 1.52 bits per heavy atom. The van der Waals surface area contributed by atoms with Crippen LogP contribution < -0.4 is 5.30 Å². The van der Waals surface area contributed by atoms with Crippen LogP contribution in [0.25, 0.3) is 22.3 Å². The van der Waals surface area contributed by atoms with Crippen molar-refractivity contribution in [1.29, 1.82) is 0 Å². The zero-order valence-electron chi connectivity index (χ0n) is 11.8. The smallest absolute Gasteiger partial charge is 0.193 e. The standard InChI is InChI=1S/C19H15OP/c1-14-12-17(15-8-4-2-5-9-15)19(21-20)18(13-14)16-10-6-3-7-11-16/h2-13H,1H3. The molecule has 21 heavy (non-hydrogen) atoms. The normalized spacial score (nSPS) is 10.7. The van der Waals surface area contributed by atoms with E-state index in [1.165, 1.54) is 5.56 Å². The molecule has 0 N–H and O–H groups in total. The first kappa shape index (κ1) is 13.7. The molecule has 0 aromatic heterocycles. The van der Waals surface area contributed by atoms with Crippen LogP contribution in [0.1, 0.15) is 5.56 Å². The van der Waals surface area contributed by atoms with E-state index in [9.17, 15) is 4.57 Å². The van der Waals surface area contributed by atoms with Crippen LogP contribution in [0.5, 0.6) is 0 Å². The second kappa shape index (κ2) is 6.03. The van der Waals surface area contributed by atoms with Crippen LogP contribution in [0.4, 0.5) is 0 Å². The van der Waals surface area contributed by atoms with Gasteiger partial charge in [0.1, 0.15) is 0 Å². The molecule has 0 saturated heterocycles. The predicted molar refractivity (Wildman–Crippen MR) is 89.3 cm³/mol. The monoisotopic (exact) mass is 290 g/mol. The Kier molecular flexibility index (Phi) is 3.94.